The summed E-state index contributed by atoms with van der Waals surface area (Å²) in [4.78, 5) is 7.44. The second-order valence-corrected chi connectivity index (χ2v) is 3.84. The van der Waals surface area contributed by atoms with Crippen molar-refractivity contribution in [3.8, 4) is 5.88 Å². The van der Waals surface area contributed by atoms with Gasteiger partial charge in [-0.1, -0.05) is 30.3 Å². The van der Waals surface area contributed by atoms with Crippen LogP contribution < -0.4 is 4.74 Å². The molecule has 0 fully saturated rings. The fourth-order valence-corrected chi connectivity index (χ4v) is 1.72. The van der Waals surface area contributed by atoms with Crippen molar-refractivity contribution in [2.24, 2.45) is 0 Å². The van der Waals surface area contributed by atoms with Crippen molar-refractivity contribution < 1.29 is 4.74 Å². The average Bonchev–Trinajstić information content (AvgIpc) is 2.85. The predicted octanol–water partition coefficient (Wildman–Crippen LogP) is 3.14. The van der Waals surface area contributed by atoms with Gasteiger partial charge in [0.15, 0.2) is 0 Å². The molecule has 0 saturated carbocycles. The third kappa shape index (κ3) is 2.13. The summed E-state index contributed by atoms with van der Waals surface area (Å²) >= 11 is 0. The molecule has 0 spiro atoms. The Labute approximate surface area is 99.1 Å². The topological polar surface area (TPSA) is 37.9 Å². The molecule has 0 unspecified atom stereocenters. The van der Waals surface area contributed by atoms with Gasteiger partial charge in [-0.3, -0.25) is 0 Å². The summed E-state index contributed by atoms with van der Waals surface area (Å²) in [6.07, 6.45) is 1.87. The van der Waals surface area contributed by atoms with Gasteiger partial charge in [0.2, 0.25) is 5.88 Å². The van der Waals surface area contributed by atoms with E-state index < -0.39 is 0 Å². The number of pyridine rings is 1. The summed E-state index contributed by atoms with van der Waals surface area (Å²) in [6, 6.07) is 15.9. The number of rotatable bonds is 3. The molecule has 1 aromatic carbocycles. The molecule has 3 heteroatoms. The molecule has 0 aliphatic rings. The Balaban J connectivity index is 1.76. The fourth-order valence-electron chi connectivity index (χ4n) is 1.72. The van der Waals surface area contributed by atoms with Crippen LogP contribution in [-0.4, -0.2) is 9.97 Å². The first-order valence-corrected chi connectivity index (χ1v) is 5.53. The highest BCUT2D eigenvalue weighted by Crippen LogP contribution is 2.15. The van der Waals surface area contributed by atoms with Crippen LogP contribution in [0.4, 0.5) is 0 Å². The Hall–Kier alpha value is -2.29. The molecule has 3 rings (SSSR count). The van der Waals surface area contributed by atoms with E-state index in [1.165, 1.54) is 0 Å². The Bertz CT molecular complexity index is 616. The third-order valence-electron chi connectivity index (χ3n) is 2.61. The zero-order chi connectivity index (χ0) is 11.5. The Kier molecular flexibility index (Phi) is 2.50. The molecule has 0 bridgehead atoms. The maximum atomic E-state index is 5.64. The Morgan fingerprint density at radius 2 is 1.88 bits per heavy atom. The molecule has 0 atom stereocenters. The van der Waals surface area contributed by atoms with E-state index in [0.29, 0.717) is 12.5 Å². The monoisotopic (exact) mass is 224 g/mol. The molecule has 0 saturated heterocycles. The zero-order valence-corrected chi connectivity index (χ0v) is 9.26. The van der Waals surface area contributed by atoms with Gasteiger partial charge in [-0.2, -0.15) is 4.98 Å². The largest absolute Gasteiger partial charge is 0.473 e. The summed E-state index contributed by atoms with van der Waals surface area (Å²) in [6.45, 7) is 0.542. The van der Waals surface area contributed by atoms with Gasteiger partial charge in [-0.25, -0.2) is 0 Å². The molecule has 0 aliphatic carbocycles. The minimum Gasteiger partial charge on any atom is -0.473 e. The first-order valence-electron chi connectivity index (χ1n) is 5.53. The molecule has 2 aromatic heterocycles. The second-order valence-electron chi connectivity index (χ2n) is 3.84. The first kappa shape index (κ1) is 9.90. The number of aromatic amines is 1. The highest BCUT2D eigenvalue weighted by molar-refractivity contribution is 5.75. The zero-order valence-electron chi connectivity index (χ0n) is 9.26. The average molecular weight is 224 g/mol. The number of hydrogen-bond acceptors (Lipinski definition) is 2. The van der Waals surface area contributed by atoms with E-state index in [0.717, 1.165) is 16.6 Å². The van der Waals surface area contributed by atoms with Crippen molar-refractivity contribution >= 4 is 11.0 Å². The molecule has 3 nitrogen and oxygen atoms in total. The smallest absolute Gasteiger partial charge is 0.215 e. The number of nitrogens with one attached hydrogen (secondary N) is 1. The van der Waals surface area contributed by atoms with Crippen LogP contribution in [-0.2, 0) is 6.61 Å². The van der Waals surface area contributed by atoms with Crippen LogP contribution in [0.25, 0.3) is 11.0 Å². The van der Waals surface area contributed by atoms with Gasteiger partial charge in [0.05, 0.1) is 0 Å². The van der Waals surface area contributed by atoms with Gasteiger partial charge in [-0.15, -0.1) is 0 Å². The fraction of sp³-hybridized carbons (Fsp3) is 0.0714. The maximum absolute atomic E-state index is 5.64. The van der Waals surface area contributed by atoms with Crippen molar-refractivity contribution in [2.45, 2.75) is 6.61 Å². The molecule has 2 heterocycles. The van der Waals surface area contributed by atoms with Crippen molar-refractivity contribution in [3.05, 3.63) is 60.3 Å². The van der Waals surface area contributed by atoms with E-state index in [4.69, 9.17) is 4.74 Å². The third-order valence-corrected chi connectivity index (χ3v) is 2.61. The van der Waals surface area contributed by atoms with E-state index in [-0.39, 0.29) is 0 Å². The number of fused-ring (bicyclic) bond motifs is 1. The summed E-state index contributed by atoms with van der Waals surface area (Å²) in [5, 5.41) is 1.09. The van der Waals surface area contributed by atoms with Gasteiger partial charge >= 0.3 is 0 Å². The van der Waals surface area contributed by atoms with Crippen molar-refractivity contribution in [1.29, 1.82) is 0 Å². The number of ether oxygens (including phenoxy) is 1. The van der Waals surface area contributed by atoms with Crippen LogP contribution >= 0.6 is 0 Å². The number of hydrogen-bond donors (Lipinski definition) is 1. The van der Waals surface area contributed by atoms with E-state index >= 15 is 0 Å². The molecular weight excluding hydrogens is 212 g/mol. The molecule has 0 radical (unpaired) electrons. The van der Waals surface area contributed by atoms with Crippen LogP contribution in [0.5, 0.6) is 5.88 Å². The van der Waals surface area contributed by atoms with Crippen molar-refractivity contribution in [3.63, 3.8) is 0 Å². The van der Waals surface area contributed by atoms with Crippen LogP contribution in [0.15, 0.2) is 54.7 Å². The minimum absolute atomic E-state index is 0.542. The normalized spacial score (nSPS) is 10.6. The van der Waals surface area contributed by atoms with Crippen LogP contribution in [0.3, 0.4) is 0 Å². The van der Waals surface area contributed by atoms with Crippen LogP contribution in [0.1, 0.15) is 5.56 Å². The molecule has 0 aliphatic heterocycles. The Morgan fingerprint density at radius 1 is 1.00 bits per heavy atom. The quantitative estimate of drug-likeness (QED) is 0.742. The predicted molar refractivity (Wildman–Crippen MR) is 66.9 cm³/mol. The summed E-state index contributed by atoms with van der Waals surface area (Å²) in [7, 11) is 0. The maximum Gasteiger partial charge on any atom is 0.215 e. The summed E-state index contributed by atoms with van der Waals surface area (Å²) in [5.74, 6) is 0.642. The Morgan fingerprint density at radius 3 is 2.76 bits per heavy atom. The lowest BCUT2D eigenvalue weighted by Crippen LogP contribution is -1.96. The number of aromatic nitrogens is 2. The molecular formula is C14H12N2O. The SMILES string of the molecule is c1ccc(COc2ccc3cc[nH]c3n2)cc1. The van der Waals surface area contributed by atoms with Gasteiger partial charge in [0, 0.05) is 17.6 Å². The van der Waals surface area contributed by atoms with E-state index in [9.17, 15) is 0 Å². The lowest BCUT2D eigenvalue weighted by atomic mass is 10.2. The van der Waals surface area contributed by atoms with Gasteiger partial charge in [0.1, 0.15) is 12.3 Å². The number of nitrogens with zero attached hydrogens (tertiary/aromatic N) is 1. The first-order chi connectivity index (χ1) is 8.42. The molecule has 84 valence electrons. The highest BCUT2D eigenvalue weighted by atomic mass is 16.5. The number of H-pyrrole nitrogens is 1. The van der Waals surface area contributed by atoms with Crippen molar-refractivity contribution in [1.82, 2.24) is 9.97 Å². The lowest BCUT2D eigenvalue weighted by Gasteiger charge is -2.04. The lowest BCUT2D eigenvalue weighted by molar-refractivity contribution is 0.295. The summed E-state index contributed by atoms with van der Waals surface area (Å²) < 4.78 is 5.64. The minimum atomic E-state index is 0.542. The highest BCUT2D eigenvalue weighted by Gasteiger charge is 2.00. The molecule has 1 N–H and O–H groups in total. The van der Waals surface area contributed by atoms with Crippen molar-refractivity contribution in [2.75, 3.05) is 0 Å². The van der Waals surface area contributed by atoms with Gasteiger partial charge in [-0.05, 0) is 17.7 Å². The van der Waals surface area contributed by atoms with Gasteiger partial charge in [0.25, 0.3) is 0 Å². The standard InChI is InChI=1S/C14H12N2O/c1-2-4-11(5-3-1)10-17-13-7-6-12-8-9-15-14(12)16-13/h1-9H,10H2,(H,15,16). The van der Waals surface area contributed by atoms with Crippen LogP contribution in [0, 0.1) is 0 Å². The van der Waals surface area contributed by atoms with E-state index in [1.807, 2.05) is 54.7 Å². The van der Waals surface area contributed by atoms with Gasteiger partial charge < -0.3 is 9.72 Å². The molecule has 17 heavy (non-hydrogen) atoms. The molecule has 3 aromatic rings. The van der Waals surface area contributed by atoms with E-state index in [1.54, 1.807) is 0 Å². The second kappa shape index (κ2) is 4.29. The number of benzene rings is 1. The summed E-state index contributed by atoms with van der Waals surface area (Å²) in [5.41, 5.74) is 2.00. The molecule has 0 amide bonds. The van der Waals surface area contributed by atoms with Crippen LogP contribution in [0.2, 0.25) is 0 Å². The van der Waals surface area contributed by atoms with E-state index in [2.05, 4.69) is 9.97 Å².